The van der Waals surface area contributed by atoms with Crippen molar-refractivity contribution < 1.29 is 23.3 Å². The maximum Gasteiger partial charge on any atom is 0.144 e. The Bertz CT molecular complexity index is 3600. The highest BCUT2D eigenvalue weighted by atomic mass is 79.9. The standard InChI is InChI=1S/C59H36Br2O4S.C2H6.H2OS/c1-3-9-48-40(4-2)41-10-5-6-13-49(41)59(48)50-30-28-44-46(56(50)64-57-47-12-8-15-55(65-66)45(47)29-31-51(57)59)11-7-14-54(44)63-39-24-18-35(19-25-39)58(34-16-22-38(62)23-17-34)52-32-36(60)20-26-42(52)43-27-21-37(61)33-53(43)58;2*1-2/h2-3,5-33,62,66H,1H3;1-2H3;1-2H/b9-3-;;. The first-order chi connectivity index (χ1) is 34.3. The fourth-order valence-electron chi connectivity index (χ4n) is 11.1. The Balaban J connectivity index is 0.00000138. The fourth-order valence-corrected chi connectivity index (χ4v) is 12.0. The van der Waals surface area contributed by atoms with E-state index >= 15 is 0 Å². The lowest BCUT2D eigenvalue weighted by Crippen LogP contribution is -2.33. The molecule has 9 aromatic carbocycles. The molecule has 3 aliphatic rings. The number of thiol groups is 2. The van der Waals surface area contributed by atoms with Gasteiger partial charge in [-0.05, 0) is 137 Å². The number of benzene rings is 9. The number of allylic oxidation sites excluding steroid dienone is 4. The molecule has 9 heteroatoms. The van der Waals surface area contributed by atoms with Crippen molar-refractivity contribution in [1.82, 2.24) is 0 Å². The molecule has 0 radical (unpaired) electrons. The van der Waals surface area contributed by atoms with E-state index in [1.165, 1.54) is 0 Å². The third-order valence-electron chi connectivity index (χ3n) is 13.7. The summed E-state index contributed by atoms with van der Waals surface area (Å²) in [6, 6.07) is 58.0. The molecule has 1 spiro atoms. The van der Waals surface area contributed by atoms with Crippen LogP contribution in [0.2, 0.25) is 0 Å². The predicted octanol–water partition coefficient (Wildman–Crippen LogP) is 17.4. The van der Waals surface area contributed by atoms with Gasteiger partial charge in [-0.2, -0.15) is 0 Å². The van der Waals surface area contributed by atoms with Crippen LogP contribution >= 0.6 is 57.7 Å². The predicted molar refractivity (Wildman–Crippen MR) is 298 cm³/mol. The van der Waals surface area contributed by atoms with Crippen molar-refractivity contribution in [3.8, 4) is 58.0 Å². The molecule has 2 N–H and O–H groups in total. The maximum absolute atomic E-state index is 10.4. The summed E-state index contributed by atoms with van der Waals surface area (Å²) in [5, 5.41) is 14.0. The zero-order chi connectivity index (χ0) is 48.9. The summed E-state index contributed by atoms with van der Waals surface area (Å²) in [5.74, 6) is 6.77. The molecular formula is C61H44Br2O5S2. The van der Waals surface area contributed by atoms with E-state index in [0.29, 0.717) is 17.2 Å². The first-order valence-electron chi connectivity index (χ1n) is 22.7. The Morgan fingerprint density at radius 3 is 1.67 bits per heavy atom. The summed E-state index contributed by atoms with van der Waals surface area (Å²) >= 11 is 14.3. The third-order valence-corrected chi connectivity index (χ3v) is 14.9. The molecule has 9 aromatic rings. The van der Waals surface area contributed by atoms with Crippen LogP contribution in [0.5, 0.6) is 34.5 Å². The first-order valence-corrected chi connectivity index (χ1v) is 25.1. The number of phenols is 1. The molecule has 1 unspecified atom stereocenters. The Morgan fingerprint density at radius 1 is 0.571 bits per heavy atom. The van der Waals surface area contributed by atoms with Crippen LogP contribution in [0.15, 0.2) is 197 Å². The second-order valence-electron chi connectivity index (χ2n) is 16.8. The van der Waals surface area contributed by atoms with Crippen molar-refractivity contribution in [2.24, 2.45) is 0 Å². The van der Waals surface area contributed by atoms with E-state index in [2.05, 4.69) is 179 Å². The molecule has 12 rings (SSSR count). The van der Waals surface area contributed by atoms with Gasteiger partial charge in [0, 0.05) is 60.1 Å². The maximum atomic E-state index is 10.4. The molecule has 1 atom stereocenters. The molecule has 5 nitrogen and oxygen atoms in total. The number of terminal acetylenes is 1. The summed E-state index contributed by atoms with van der Waals surface area (Å²) in [6.45, 7) is 6.03. The highest BCUT2D eigenvalue weighted by Crippen LogP contribution is 2.64. The fraction of sp³-hybridized carbons (Fsp3) is 0.0820. The van der Waals surface area contributed by atoms with Gasteiger partial charge in [0.15, 0.2) is 0 Å². The summed E-state index contributed by atoms with van der Waals surface area (Å²) < 4.78 is 28.4. The van der Waals surface area contributed by atoms with Crippen LogP contribution in [0.25, 0.3) is 38.2 Å². The lowest BCUT2D eigenvalue weighted by Gasteiger charge is -2.41. The van der Waals surface area contributed by atoms with Gasteiger partial charge in [0.2, 0.25) is 0 Å². The van der Waals surface area contributed by atoms with Gasteiger partial charge < -0.3 is 23.3 Å². The highest BCUT2D eigenvalue weighted by molar-refractivity contribution is 9.10. The Kier molecular flexibility index (Phi) is 12.7. The highest BCUT2D eigenvalue weighted by Gasteiger charge is 2.52. The number of rotatable bonds is 6. The number of phenolic OH excluding ortho intramolecular Hbond substituents is 1. The van der Waals surface area contributed by atoms with Crippen LogP contribution in [0, 0.1) is 12.3 Å². The van der Waals surface area contributed by atoms with E-state index in [1.54, 1.807) is 12.1 Å². The van der Waals surface area contributed by atoms with Gasteiger partial charge in [-0.25, -0.2) is 0 Å². The zero-order valence-electron chi connectivity index (χ0n) is 38.2. The number of fused-ring (bicyclic) bond motifs is 13. The monoisotopic (exact) mass is 1080 g/mol. The van der Waals surface area contributed by atoms with Crippen molar-refractivity contribution in [1.29, 1.82) is 0 Å². The minimum atomic E-state index is -0.795. The van der Waals surface area contributed by atoms with Gasteiger partial charge >= 0.3 is 0 Å². The minimum absolute atomic E-state index is 0.214. The van der Waals surface area contributed by atoms with Crippen LogP contribution in [-0.2, 0) is 10.8 Å². The van der Waals surface area contributed by atoms with Crippen molar-refractivity contribution >= 4 is 84.8 Å². The molecule has 1 aliphatic heterocycles. The number of ether oxygens (including phenoxy) is 2. The summed E-state index contributed by atoms with van der Waals surface area (Å²) in [6.07, 6.45) is 10.6. The summed E-state index contributed by atoms with van der Waals surface area (Å²) in [4.78, 5) is 0. The molecule has 2 aliphatic carbocycles. The second-order valence-corrected chi connectivity index (χ2v) is 18.8. The van der Waals surface area contributed by atoms with Crippen LogP contribution < -0.4 is 13.7 Å². The largest absolute Gasteiger partial charge is 0.508 e. The topological polar surface area (TPSA) is 68.2 Å². The number of hydrogen-bond acceptors (Lipinski definition) is 7. The Hall–Kier alpha value is -6.64. The van der Waals surface area contributed by atoms with E-state index < -0.39 is 10.8 Å². The molecule has 1 heterocycles. The van der Waals surface area contributed by atoms with Crippen LogP contribution in [0.3, 0.4) is 0 Å². The van der Waals surface area contributed by atoms with Crippen LogP contribution in [0.4, 0.5) is 0 Å². The van der Waals surface area contributed by atoms with E-state index in [4.69, 9.17) is 24.6 Å². The van der Waals surface area contributed by atoms with Crippen molar-refractivity contribution in [2.45, 2.75) is 31.6 Å². The lowest BCUT2D eigenvalue weighted by atomic mass is 9.64. The van der Waals surface area contributed by atoms with E-state index in [0.717, 1.165) is 109 Å². The molecule has 0 saturated carbocycles. The van der Waals surface area contributed by atoms with Gasteiger partial charge in [-0.3, -0.25) is 0 Å². The Morgan fingerprint density at radius 2 is 1.11 bits per heavy atom. The quantitative estimate of drug-likeness (QED) is 0.0759. The number of halogens is 2. The van der Waals surface area contributed by atoms with E-state index in [-0.39, 0.29) is 5.75 Å². The number of aromatic hydroxyl groups is 1. The normalized spacial score (nSPS) is 15.4. The molecular weight excluding hydrogens is 1040 g/mol. The van der Waals surface area contributed by atoms with E-state index in [9.17, 15) is 5.11 Å². The SMILES string of the molecule is C#CC1=C(/C=C\C)C2(c3ccccc31)c1ccc3c(OS)cccc3c1Oc1c2ccc2c(Oc3ccc(C4(c5ccc(O)cc5)c5cc(Br)ccc5-c5ccc(Br)cc54)cc3)cccc12.CC.OS. The van der Waals surface area contributed by atoms with E-state index in [1.807, 2.05) is 75.4 Å². The molecule has 0 saturated heterocycles. The first kappa shape index (κ1) is 47.1. The molecule has 70 heavy (non-hydrogen) atoms. The second kappa shape index (κ2) is 18.9. The summed E-state index contributed by atoms with van der Waals surface area (Å²) in [7, 11) is 0. The van der Waals surface area contributed by atoms with Crippen molar-refractivity contribution in [2.75, 3.05) is 0 Å². The lowest BCUT2D eigenvalue weighted by molar-refractivity contribution is 0.446. The van der Waals surface area contributed by atoms with Crippen LogP contribution in [0.1, 0.15) is 65.3 Å². The van der Waals surface area contributed by atoms with Gasteiger partial charge in [0.05, 0.1) is 10.8 Å². The average molecular weight is 1080 g/mol. The van der Waals surface area contributed by atoms with Crippen molar-refractivity contribution in [3.05, 3.63) is 241 Å². The zero-order valence-corrected chi connectivity index (χ0v) is 43.1. The number of hydrogen-bond donors (Lipinski definition) is 4. The molecule has 0 amide bonds. The van der Waals surface area contributed by atoms with Gasteiger partial charge in [0.25, 0.3) is 0 Å². The summed E-state index contributed by atoms with van der Waals surface area (Å²) in [5.41, 5.74) is 11.2. The molecule has 344 valence electrons. The third kappa shape index (κ3) is 6.95. The smallest absolute Gasteiger partial charge is 0.144 e. The van der Waals surface area contributed by atoms with Gasteiger partial charge in [-0.15, -0.1) is 6.42 Å². The average Bonchev–Trinajstić information content (AvgIpc) is 3.84. The van der Waals surface area contributed by atoms with Gasteiger partial charge in [0.1, 0.15) is 34.5 Å². The van der Waals surface area contributed by atoms with Crippen LogP contribution in [-0.4, -0.2) is 9.66 Å². The van der Waals surface area contributed by atoms with Gasteiger partial charge in [-0.1, -0.05) is 167 Å². The molecule has 0 aromatic heterocycles. The molecule has 0 bridgehead atoms. The minimum Gasteiger partial charge on any atom is -0.508 e. The molecule has 0 fully saturated rings. The van der Waals surface area contributed by atoms with Crippen molar-refractivity contribution in [3.63, 3.8) is 0 Å². The Labute approximate surface area is 435 Å².